The number of pyridine rings is 1. The van der Waals surface area contributed by atoms with E-state index in [0.29, 0.717) is 11.9 Å². The summed E-state index contributed by atoms with van der Waals surface area (Å²) in [5, 5.41) is 5.25. The minimum Gasteiger partial charge on any atom is -0.376 e. The lowest BCUT2D eigenvalue weighted by Gasteiger charge is -2.12. The Balaban J connectivity index is 1.67. The Hall–Kier alpha value is -2.99. The first kappa shape index (κ1) is 16.2. The second kappa shape index (κ2) is 6.32. The molecule has 1 aliphatic rings. The second-order valence-electron chi connectivity index (χ2n) is 7.03. The van der Waals surface area contributed by atoms with Crippen LogP contribution in [0.15, 0.2) is 53.6 Å². The van der Waals surface area contributed by atoms with Crippen molar-refractivity contribution in [3.63, 3.8) is 0 Å². The van der Waals surface area contributed by atoms with Crippen LogP contribution in [0, 0.1) is 6.92 Å². The van der Waals surface area contributed by atoms with E-state index in [2.05, 4.69) is 22.2 Å². The van der Waals surface area contributed by atoms with Crippen LogP contribution in [0.3, 0.4) is 0 Å². The van der Waals surface area contributed by atoms with Crippen LogP contribution in [0.5, 0.6) is 0 Å². The van der Waals surface area contributed by atoms with E-state index >= 15 is 0 Å². The van der Waals surface area contributed by atoms with Crippen molar-refractivity contribution in [2.75, 3.05) is 6.61 Å². The van der Waals surface area contributed by atoms with Crippen molar-refractivity contribution >= 4 is 16.6 Å². The maximum atomic E-state index is 12.9. The fourth-order valence-electron chi connectivity index (χ4n) is 3.91. The Labute approximate surface area is 156 Å². The van der Waals surface area contributed by atoms with E-state index in [1.807, 2.05) is 37.4 Å². The fraction of sp³-hybridized carbons (Fsp3) is 0.286. The zero-order chi connectivity index (χ0) is 18.4. The summed E-state index contributed by atoms with van der Waals surface area (Å²) in [6.07, 6.45) is 5.69. The lowest BCUT2D eigenvalue weighted by molar-refractivity contribution is 0.0963. The van der Waals surface area contributed by atoms with Gasteiger partial charge in [-0.25, -0.2) is 9.50 Å². The average Bonchev–Trinajstić information content (AvgIpc) is 3.31. The smallest absolute Gasteiger partial charge is 0.261 e. The number of fused-ring (bicyclic) bond motifs is 3. The van der Waals surface area contributed by atoms with Gasteiger partial charge in [-0.05, 0) is 31.4 Å². The first-order valence-corrected chi connectivity index (χ1v) is 9.27. The van der Waals surface area contributed by atoms with Gasteiger partial charge in [0, 0.05) is 24.6 Å². The first-order chi connectivity index (χ1) is 13.2. The highest BCUT2D eigenvalue weighted by atomic mass is 16.5. The van der Waals surface area contributed by atoms with Crippen LogP contribution < -0.4 is 5.56 Å². The number of hydrogen-bond acceptors (Lipinski definition) is 4. The summed E-state index contributed by atoms with van der Waals surface area (Å²) in [4.78, 5) is 17.5. The Bertz CT molecular complexity index is 1190. The summed E-state index contributed by atoms with van der Waals surface area (Å²) in [7, 11) is 0. The van der Waals surface area contributed by atoms with Gasteiger partial charge >= 0.3 is 0 Å². The van der Waals surface area contributed by atoms with Crippen LogP contribution in [0.25, 0.3) is 27.7 Å². The molecule has 1 unspecified atom stereocenters. The van der Waals surface area contributed by atoms with Gasteiger partial charge in [-0.3, -0.25) is 4.79 Å². The maximum Gasteiger partial charge on any atom is 0.261 e. The van der Waals surface area contributed by atoms with E-state index < -0.39 is 0 Å². The molecule has 1 aromatic carbocycles. The molecule has 4 aromatic rings. The number of hydrogen-bond donors (Lipinski definition) is 0. The number of nitrogens with zero attached hydrogens (tertiary/aromatic N) is 4. The molecule has 0 N–H and O–H groups in total. The zero-order valence-electron chi connectivity index (χ0n) is 15.1. The van der Waals surface area contributed by atoms with E-state index in [4.69, 9.17) is 4.74 Å². The van der Waals surface area contributed by atoms with E-state index in [9.17, 15) is 4.79 Å². The SMILES string of the molecule is Cc1nn2c(ncc3c(=O)n(CC4CCCO4)ccc32)c1-c1ccccc1. The molecule has 27 heavy (non-hydrogen) atoms. The van der Waals surface area contributed by atoms with Crippen molar-refractivity contribution in [3.05, 3.63) is 64.8 Å². The molecular weight excluding hydrogens is 340 g/mol. The number of benzene rings is 1. The normalized spacial score (nSPS) is 17.1. The van der Waals surface area contributed by atoms with E-state index in [1.54, 1.807) is 15.3 Å². The summed E-state index contributed by atoms with van der Waals surface area (Å²) in [6, 6.07) is 12.0. The standard InChI is InChI=1S/C21H20N4O2/c1-14-19(15-6-3-2-4-7-15)20-22-12-17-18(25(20)23-14)9-10-24(21(17)26)13-16-8-5-11-27-16/h2-4,6-7,9-10,12,16H,5,8,11,13H2,1H3. The Morgan fingerprint density at radius 1 is 1.22 bits per heavy atom. The Morgan fingerprint density at radius 3 is 2.85 bits per heavy atom. The molecule has 0 radical (unpaired) electrons. The molecule has 1 fully saturated rings. The van der Waals surface area contributed by atoms with Gasteiger partial charge in [0.15, 0.2) is 5.65 Å². The molecule has 6 nitrogen and oxygen atoms in total. The van der Waals surface area contributed by atoms with Gasteiger partial charge in [0.25, 0.3) is 5.56 Å². The number of aryl methyl sites for hydroxylation is 1. The molecule has 0 aliphatic carbocycles. The summed E-state index contributed by atoms with van der Waals surface area (Å²) in [6.45, 7) is 3.34. The number of ether oxygens (including phenoxy) is 1. The van der Waals surface area contributed by atoms with Crippen LogP contribution in [0.1, 0.15) is 18.5 Å². The van der Waals surface area contributed by atoms with Crippen molar-refractivity contribution in [2.45, 2.75) is 32.4 Å². The maximum absolute atomic E-state index is 12.9. The second-order valence-corrected chi connectivity index (χ2v) is 7.03. The minimum atomic E-state index is -0.0492. The molecule has 0 spiro atoms. The highest BCUT2D eigenvalue weighted by Crippen LogP contribution is 2.28. The summed E-state index contributed by atoms with van der Waals surface area (Å²) < 4.78 is 9.17. The predicted molar refractivity (Wildman–Crippen MR) is 104 cm³/mol. The molecule has 1 aliphatic heterocycles. The van der Waals surface area contributed by atoms with E-state index in [0.717, 1.165) is 47.4 Å². The van der Waals surface area contributed by atoms with Crippen molar-refractivity contribution in [1.82, 2.24) is 19.2 Å². The molecule has 4 heterocycles. The molecule has 1 atom stereocenters. The predicted octanol–water partition coefficient (Wildman–Crippen LogP) is 3.20. The Kier molecular flexibility index (Phi) is 3.79. The highest BCUT2D eigenvalue weighted by molar-refractivity contribution is 5.86. The third-order valence-corrected chi connectivity index (χ3v) is 5.25. The molecule has 0 bridgehead atoms. The molecule has 1 saturated heterocycles. The van der Waals surface area contributed by atoms with Gasteiger partial charge in [-0.2, -0.15) is 5.10 Å². The zero-order valence-corrected chi connectivity index (χ0v) is 15.1. The fourth-order valence-corrected chi connectivity index (χ4v) is 3.91. The molecular formula is C21H20N4O2. The van der Waals surface area contributed by atoms with Crippen molar-refractivity contribution < 1.29 is 4.74 Å². The third kappa shape index (κ3) is 2.64. The van der Waals surface area contributed by atoms with E-state index in [1.165, 1.54) is 0 Å². The van der Waals surface area contributed by atoms with Crippen LogP contribution in [-0.2, 0) is 11.3 Å². The van der Waals surface area contributed by atoms with Gasteiger partial charge in [0.05, 0.1) is 29.2 Å². The highest BCUT2D eigenvalue weighted by Gasteiger charge is 2.19. The average molecular weight is 360 g/mol. The molecule has 3 aromatic heterocycles. The number of aromatic nitrogens is 4. The Morgan fingerprint density at radius 2 is 2.07 bits per heavy atom. The van der Waals surface area contributed by atoms with Crippen LogP contribution in [0.2, 0.25) is 0 Å². The lowest BCUT2D eigenvalue weighted by atomic mass is 10.1. The van der Waals surface area contributed by atoms with Crippen LogP contribution in [0.4, 0.5) is 0 Å². The van der Waals surface area contributed by atoms with Gasteiger partial charge < -0.3 is 9.30 Å². The van der Waals surface area contributed by atoms with Crippen molar-refractivity contribution in [2.24, 2.45) is 0 Å². The largest absolute Gasteiger partial charge is 0.376 e. The van der Waals surface area contributed by atoms with Crippen LogP contribution in [-0.4, -0.2) is 31.9 Å². The third-order valence-electron chi connectivity index (χ3n) is 5.25. The molecule has 136 valence electrons. The van der Waals surface area contributed by atoms with Gasteiger partial charge in [0.2, 0.25) is 0 Å². The monoisotopic (exact) mass is 360 g/mol. The first-order valence-electron chi connectivity index (χ1n) is 9.27. The molecule has 6 heteroatoms. The topological polar surface area (TPSA) is 61.4 Å². The van der Waals surface area contributed by atoms with Crippen molar-refractivity contribution in [1.29, 1.82) is 0 Å². The lowest BCUT2D eigenvalue weighted by Crippen LogP contribution is -2.26. The molecule has 0 saturated carbocycles. The molecule has 0 amide bonds. The van der Waals surface area contributed by atoms with Gasteiger partial charge in [0.1, 0.15) is 0 Å². The van der Waals surface area contributed by atoms with Crippen molar-refractivity contribution in [3.8, 4) is 11.1 Å². The summed E-state index contributed by atoms with van der Waals surface area (Å²) >= 11 is 0. The molecule has 5 rings (SSSR count). The summed E-state index contributed by atoms with van der Waals surface area (Å²) in [5.41, 5.74) is 4.46. The minimum absolute atomic E-state index is 0.0492. The summed E-state index contributed by atoms with van der Waals surface area (Å²) in [5.74, 6) is 0. The van der Waals surface area contributed by atoms with E-state index in [-0.39, 0.29) is 11.7 Å². The van der Waals surface area contributed by atoms with Crippen LogP contribution >= 0.6 is 0 Å². The van der Waals surface area contributed by atoms with Gasteiger partial charge in [-0.1, -0.05) is 30.3 Å². The quantitative estimate of drug-likeness (QED) is 0.563. The van der Waals surface area contributed by atoms with Gasteiger partial charge in [-0.15, -0.1) is 0 Å². The number of rotatable bonds is 3.